The van der Waals surface area contributed by atoms with Gasteiger partial charge < -0.3 is 18.6 Å². The van der Waals surface area contributed by atoms with Crippen LogP contribution >= 0.6 is 0 Å². The molecule has 12 heteroatoms. The van der Waals surface area contributed by atoms with E-state index in [9.17, 15) is 22.8 Å². The molecular weight excluding hydrogens is 564 g/mol. The third-order valence-corrected chi connectivity index (χ3v) is 9.52. The van der Waals surface area contributed by atoms with Crippen molar-refractivity contribution < 1.29 is 41.4 Å². The number of hydrogen-bond donors (Lipinski definition) is 0. The molecule has 1 aromatic carbocycles. The number of sulfonamides is 1. The highest BCUT2D eigenvalue weighted by Gasteiger charge is 2.60. The third kappa shape index (κ3) is 6.97. The van der Waals surface area contributed by atoms with Gasteiger partial charge in [-0.2, -0.15) is 4.31 Å². The first-order chi connectivity index (χ1) is 19.7. The predicted molar refractivity (Wildman–Crippen MR) is 152 cm³/mol. The lowest BCUT2D eigenvalue weighted by Gasteiger charge is -2.48. The molecule has 0 N–H and O–H groups in total. The van der Waals surface area contributed by atoms with Gasteiger partial charge >= 0.3 is 18.0 Å². The van der Waals surface area contributed by atoms with Crippen LogP contribution in [0.1, 0.15) is 71.1 Å². The maximum atomic E-state index is 13.8. The summed E-state index contributed by atoms with van der Waals surface area (Å²) in [6.45, 7) is 8.64. The number of rotatable bonds is 8. The van der Waals surface area contributed by atoms with Crippen LogP contribution in [0, 0.1) is 5.41 Å². The Morgan fingerprint density at radius 3 is 2.43 bits per heavy atom. The summed E-state index contributed by atoms with van der Waals surface area (Å²) in [6, 6.07) is 10.1. The lowest BCUT2D eigenvalue weighted by Crippen LogP contribution is -2.57. The summed E-state index contributed by atoms with van der Waals surface area (Å²) in [7, 11) is -3.87. The van der Waals surface area contributed by atoms with Gasteiger partial charge in [-0.1, -0.05) is 18.2 Å². The summed E-state index contributed by atoms with van der Waals surface area (Å²) in [4.78, 5) is 38.4. The molecule has 42 heavy (non-hydrogen) atoms. The summed E-state index contributed by atoms with van der Waals surface area (Å²) in [5.74, 6) is -0.531. The molecule has 3 atom stereocenters. The van der Waals surface area contributed by atoms with Crippen LogP contribution in [0.2, 0.25) is 0 Å². The molecule has 2 aliphatic rings. The fourth-order valence-electron chi connectivity index (χ4n) is 5.93. The highest BCUT2D eigenvalue weighted by Crippen LogP contribution is 2.54. The quantitative estimate of drug-likeness (QED) is 0.243. The number of aryl methyl sites for hydroxylation is 1. The smallest absolute Gasteiger partial charge is 0.413 e. The second kappa shape index (κ2) is 12.5. The van der Waals surface area contributed by atoms with Crippen molar-refractivity contribution in [3.8, 4) is 0 Å². The van der Waals surface area contributed by atoms with E-state index in [1.165, 1.54) is 23.1 Å². The number of esters is 2. The molecule has 11 nitrogen and oxygen atoms in total. The van der Waals surface area contributed by atoms with Gasteiger partial charge in [-0.3, -0.25) is 14.5 Å². The monoisotopic (exact) mass is 604 g/mol. The van der Waals surface area contributed by atoms with E-state index in [1.54, 1.807) is 57.4 Å². The number of furan rings is 1. The van der Waals surface area contributed by atoms with Crippen LogP contribution in [0.25, 0.3) is 0 Å². The minimum Gasteiger partial charge on any atom is -0.469 e. The van der Waals surface area contributed by atoms with Crippen LogP contribution in [0.3, 0.4) is 0 Å². The average Bonchev–Trinajstić information content (AvgIpc) is 3.51. The van der Waals surface area contributed by atoms with E-state index < -0.39 is 39.3 Å². The van der Waals surface area contributed by atoms with Gasteiger partial charge in [0.15, 0.2) is 6.23 Å². The Bertz CT molecular complexity index is 1380. The summed E-state index contributed by atoms with van der Waals surface area (Å²) in [6.07, 6.45) is 1.86. The maximum Gasteiger partial charge on any atom is 0.413 e. The van der Waals surface area contributed by atoms with Crippen molar-refractivity contribution in [2.24, 2.45) is 5.41 Å². The molecule has 2 fully saturated rings. The van der Waals surface area contributed by atoms with Gasteiger partial charge in [0.1, 0.15) is 11.4 Å². The SMILES string of the molecule is CC(=O)OCCCc1cc([C@@H]2CCN(S(=O)(=O)c3ccccc3)C[C@@]23CCN(C(=O)OC(C)(C)C)C3OC(C)=O)co1. The van der Waals surface area contributed by atoms with E-state index in [2.05, 4.69) is 0 Å². The molecule has 1 spiro atoms. The molecule has 1 aromatic heterocycles. The minimum absolute atomic E-state index is 0.0269. The van der Waals surface area contributed by atoms with Gasteiger partial charge in [0, 0.05) is 51.2 Å². The molecule has 230 valence electrons. The number of ether oxygens (including phenoxy) is 3. The van der Waals surface area contributed by atoms with Crippen LogP contribution < -0.4 is 0 Å². The van der Waals surface area contributed by atoms with Crippen LogP contribution in [-0.4, -0.2) is 73.7 Å². The fraction of sp³-hybridized carbons (Fsp3) is 0.567. The zero-order chi connectivity index (χ0) is 30.7. The first-order valence-corrected chi connectivity index (χ1v) is 15.6. The number of hydrogen-bond acceptors (Lipinski definition) is 9. The summed E-state index contributed by atoms with van der Waals surface area (Å²) in [5, 5.41) is 0. The Hall–Kier alpha value is -3.38. The molecule has 2 aromatic rings. The third-order valence-electron chi connectivity index (χ3n) is 7.66. The number of carbonyl (C=O) groups excluding carboxylic acids is 3. The number of nitrogens with zero attached hydrogens (tertiary/aromatic N) is 2. The van der Waals surface area contributed by atoms with Gasteiger partial charge in [0.2, 0.25) is 10.0 Å². The number of benzene rings is 1. The van der Waals surface area contributed by atoms with Crippen LogP contribution in [0.15, 0.2) is 52.0 Å². The molecule has 3 heterocycles. The average molecular weight is 605 g/mol. The van der Waals surface area contributed by atoms with Crippen molar-refractivity contribution in [1.29, 1.82) is 0 Å². The van der Waals surface area contributed by atoms with E-state index in [0.717, 1.165) is 5.56 Å². The topological polar surface area (TPSA) is 133 Å². The molecule has 2 aliphatic heterocycles. The number of amides is 1. The highest BCUT2D eigenvalue weighted by atomic mass is 32.2. The standard InChI is InChI=1S/C30H40N2O9S/c1-21(33)38-17-9-10-24-18-23(19-39-24)26-13-15-31(42(36,37)25-11-7-6-8-12-25)20-30(26)14-16-32(27(30)40-22(2)34)28(35)41-29(3,4)5/h6-8,11-12,18-19,26-27H,9-10,13-17,20H2,1-5H3/t26-,27?,30-/m0/s1. The van der Waals surface area contributed by atoms with E-state index >= 15 is 0 Å². The first kappa shape index (κ1) is 31.6. The van der Waals surface area contributed by atoms with Gasteiger partial charge in [-0.15, -0.1) is 0 Å². The molecule has 0 bridgehead atoms. The molecule has 0 radical (unpaired) electrons. The van der Waals surface area contributed by atoms with E-state index in [0.29, 0.717) is 31.4 Å². The Kier molecular flexibility index (Phi) is 9.36. The Balaban J connectivity index is 1.71. The second-order valence-electron chi connectivity index (χ2n) is 11.9. The molecule has 0 saturated carbocycles. The van der Waals surface area contributed by atoms with Gasteiger partial charge in [-0.25, -0.2) is 13.2 Å². The molecule has 4 rings (SSSR count). The lowest BCUT2D eigenvalue weighted by atomic mass is 9.67. The normalized spacial score (nSPS) is 23.1. The fourth-order valence-corrected chi connectivity index (χ4v) is 7.48. The van der Waals surface area contributed by atoms with Crippen molar-refractivity contribution in [1.82, 2.24) is 9.21 Å². The van der Waals surface area contributed by atoms with Crippen LogP contribution in [0.4, 0.5) is 4.79 Å². The van der Waals surface area contributed by atoms with E-state index in [1.807, 2.05) is 6.07 Å². The van der Waals surface area contributed by atoms with Gasteiger partial charge in [-0.05, 0) is 63.8 Å². The highest BCUT2D eigenvalue weighted by molar-refractivity contribution is 7.89. The number of likely N-dealkylation sites (tertiary alicyclic amines) is 1. The number of carbonyl (C=O) groups is 3. The van der Waals surface area contributed by atoms with E-state index in [4.69, 9.17) is 18.6 Å². The molecule has 1 amide bonds. The molecule has 1 unspecified atom stereocenters. The summed E-state index contributed by atoms with van der Waals surface area (Å²) in [5.41, 5.74) is -0.924. The Labute approximate surface area is 247 Å². The number of piperidine rings is 1. The minimum atomic E-state index is -3.87. The van der Waals surface area contributed by atoms with Crippen molar-refractivity contribution in [2.75, 3.05) is 26.2 Å². The zero-order valence-corrected chi connectivity index (χ0v) is 25.6. The largest absolute Gasteiger partial charge is 0.469 e. The lowest BCUT2D eigenvalue weighted by molar-refractivity contribution is -0.166. The van der Waals surface area contributed by atoms with E-state index in [-0.39, 0.29) is 43.0 Å². The summed E-state index contributed by atoms with van der Waals surface area (Å²) < 4.78 is 51.4. The second-order valence-corrected chi connectivity index (χ2v) is 13.8. The Morgan fingerprint density at radius 1 is 1.07 bits per heavy atom. The van der Waals surface area contributed by atoms with Gasteiger partial charge in [0.05, 0.1) is 17.8 Å². The van der Waals surface area contributed by atoms with Gasteiger partial charge in [0.25, 0.3) is 0 Å². The van der Waals surface area contributed by atoms with Crippen LogP contribution in [-0.2, 0) is 40.2 Å². The van der Waals surface area contributed by atoms with Crippen molar-refractivity contribution in [3.63, 3.8) is 0 Å². The molecular formula is C30H40N2O9S. The van der Waals surface area contributed by atoms with Crippen molar-refractivity contribution in [3.05, 3.63) is 54.0 Å². The molecule has 2 saturated heterocycles. The van der Waals surface area contributed by atoms with Crippen molar-refractivity contribution >= 4 is 28.1 Å². The zero-order valence-electron chi connectivity index (χ0n) is 24.8. The first-order valence-electron chi connectivity index (χ1n) is 14.2. The van der Waals surface area contributed by atoms with Crippen LogP contribution in [0.5, 0.6) is 0 Å². The predicted octanol–water partition coefficient (Wildman–Crippen LogP) is 4.47. The van der Waals surface area contributed by atoms with Crippen molar-refractivity contribution in [2.45, 2.75) is 82.9 Å². The maximum absolute atomic E-state index is 13.8. The molecule has 0 aliphatic carbocycles. The summed E-state index contributed by atoms with van der Waals surface area (Å²) >= 11 is 0. The Morgan fingerprint density at radius 2 is 1.79 bits per heavy atom.